The highest BCUT2D eigenvalue weighted by atomic mass is 16.5. The van der Waals surface area contributed by atoms with Gasteiger partial charge in [0.2, 0.25) is 0 Å². The molecule has 0 aliphatic heterocycles. The van der Waals surface area contributed by atoms with Gasteiger partial charge >= 0.3 is 0 Å². The summed E-state index contributed by atoms with van der Waals surface area (Å²) in [5.41, 5.74) is 5.75. The molecule has 0 spiro atoms. The molecular weight excluding hydrogens is 178 g/mol. The third-order valence-electron chi connectivity index (χ3n) is 2.77. The van der Waals surface area contributed by atoms with Crippen LogP contribution in [-0.4, -0.2) is 29.5 Å². The van der Waals surface area contributed by atoms with Crippen molar-refractivity contribution in [2.24, 2.45) is 5.73 Å². The molecule has 3 atom stereocenters. The van der Waals surface area contributed by atoms with E-state index < -0.39 is 6.10 Å². The van der Waals surface area contributed by atoms with Gasteiger partial charge in [-0.2, -0.15) is 0 Å². The van der Waals surface area contributed by atoms with Crippen molar-refractivity contribution in [3.63, 3.8) is 0 Å². The van der Waals surface area contributed by atoms with E-state index in [0.29, 0.717) is 0 Å². The molecule has 0 aromatic carbocycles. The van der Waals surface area contributed by atoms with Crippen LogP contribution < -0.4 is 5.73 Å². The molecule has 82 valence electrons. The van der Waals surface area contributed by atoms with E-state index in [1.807, 2.05) is 12.2 Å². The Morgan fingerprint density at radius 2 is 2.14 bits per heavy atom. The molecule has 0 fully saturated rings. The molecule has 1 rings (SSSR count). The Hall–Kier alpha value is -0.380. The lowest BCUT2D eigenvalue weighted by atomic mass is 9.96. The van der Waals surface area contributed by atoms with Gasteiger partial charge in [0, 0.05) is 6.04 Å². The second-order valence-electron chi connectivity index (χ2n) is 3.86. The van der Waals surface area contributed by atoms with Crippen LogP contribution in [0.3, 0.4) is 0 Å². The van der Waals surface area contributed by atoms with Gasteiger partial charge in [-0.05, 0) is 19.3 Å². The van der Waals surface area contributed by atoms with Crippen molar-refractivity contribution in [3.8, 4) is 0 Å². The first-order valence-corrected chi connectivity index (χ1v) is 5.44. The Kier molecular flexibility index (Phi) is 4.58. The first-order chi connectivity index (χ1) is 6.69. The lowest BCUT2D eigenvalue weighted by molar-refractivity contribution is -0.0651. The van der Waals surface area contributed by atoms with Crippen molar-refractivity contribution in [3.05, 3.63) is 12.2 Å². The molecule has 0 saturated heterocycles. The smallest absolute Gasteiger partial charge is 0.103 e. The zero-order valence-electron chi connectivity index (χ0n) is 9.02. The molecule has 0 saturated carbocycles. The Morgan fingerprint density at radius 1 is 1.50 bits per heavy atom. The predicted molar refractivity (Wildman–Crippen MR) is 57.0 cm³/mol. The van der Waals surface area contributed by atoms with Crippen LogP contribution in [0.4, 0.5) is 0 Å². The molecule has 0 bridgehead atoms. The fraction of sp³-hybridized carbons (Fsp3) is 0.818. The van der Waals surface area contributed by atoms with Gasteiger partial charge in [-0.15, -0.1) is 0 Å². The minimum Gasteiger partial charge on any atom is -0.388 e. The standard InChI is InChI=1S/C11H21NO2/c1-3-8(4-2)14-10-7-5-6-9(12)11(10)13/h5,7-11,13H,3-4,6,12H2,1-2H3/t9-,10-,11+/m1/s1. The maximum absolute atomic E-state index is 9.78. The summed E-state index contributed by atoms with van der Waals surface area (Å²) in [6, 6.07) is -0.181. The maximum atomic E-state index is 9.78. The van der Waals surface area contributed by atoms with E-state index in [2.05, 4.69) is 13.8 Å². The molecule has 3 N–H and O–H groups in total. The van der Waals surface area contributed by atoms with Crippen molar-refractivity contribution in [2.75, 3.05) is 0 Å². The zero-order chi connectivity index (χ0) is 10.6. The highest BCUT2D eigenvalue weighted by molar-refractivity contribution is 5.04. The molecular formula is C11H21NO2. The molecule has 0 radical (unpaired) electrons. The Bertz CT molecular complexity index is 190. The van der Waals surface area contributed by atoms with Crippen LogP contribution in [0.15, 0.2) is 12.2 Å². The number of hydrogen-bond donors (Lipinski definition) is 2. The van der Waals surface area contributed by atoms with Gasteiger partial charge in [-0.25, -0.2) is 0 Å². The lowest BCUT2D eigenvalue weighted by Crippen LogP contribution is -2.46. The van der Waals surface area contributed by atoms with Gasteiger partial charge in [0.1, 0.15) is 6.10 Å². The summed E-state index contributed by atoms with van der Waals surface area (Å²) in [6.45, 7) is 4.18. The zero-order valence-corrected chi connectivity index (χ0v) is 9.02. The largest absolute Gasteiger partial charge is 0.388 e. The van der Waals surface area contributed by atoms with Gasteiger partial charge in [0.05, 0.1) is 12.2 Å². The van der Waals surface area contributed by atoms with Crippen molar-refractivity contribution in [2.45, 2.75) is 57.5 Å². The number of rotatable bonds is 4. The Morgan fingerprint density at radius 3 is 2.71 bits per heavy atom. The number of aliphatic hydroxyl groups is 1. The summed E-state index contributed by atoms with van der Waals surface area (Å²) < 4.78 is 5.76. The fourth-order valence-corrected chi connectivity index (χ4v) is 1.70. The minimum absolute atomic E-state index is 0.181. The highest BCUT2D eigenvalue weighted by Gasteiger charge is 2.27. The summed E-state index contributed by atoms with van der Waals surface area (Å²) in [5.74, 6) is 0. The van der Waals surface area contributed by atoms with Gasteiger partial charge < -0.3 is 15.6 Å². The Labute approximate surface area is 85.9 Å². The van der Waals surface area contributed by atoms with Crippen molar-refractivity contribution in [1.29, 1.82) is 0 Å². The second-order valence-corrected chi connectivity index (χ2v) is 3.86. The lowest BCUT2D eigenvalue weighted by Gasteiger charge is -2.31. The van der Waals surface area contributed by atoms with Crippen molar-refractivity contribution < 1.29 is 9.84 Å². The van der Waals surface area contributed by atoms with E-state index in [-0.39, 0.29) is 18.2 Å². The van der Waals surface area contributed by atoms with Crippen molar-refractivity contribution >= 4 is 0 Å². The number of aliphatic hydroxyl groups excluding tert-OH is 1. The van der Waals surface area contributed by atoms with Gasteiger partial charge in [-0.3, -0.25) is 0 Å². The maximum Gasteiger partial charge on any atom is 0.103 e. The molecule has 0 heterocycles. The molecule has 1 aliphatic rings. The molecule has 3 nitrogen and oxygen atoms in total. The highest BCUT2D eigenvalue weighted by Crippen LogP contribution is 2.17. The van der Waals surface area contributed by atoms with E-state index in [1.165, 1.54) is 0 Å². The summed E-state index contributed by atoms with van der Waals surface area (Å²) >= 11 is 0. The predicted octanol–water partition coefficient (Wildman–Crippen LogP) is 1.21. The average molecular weight is 199 g/mol. The molecule has 3 heteroatoms. The fourth-order valence-electron chi connectivity index (χ4n) is 1.70. The summed E-state index contributed by atoms with van der Waals surface area (Å²) in [6.07, 6.45) is 6.06. The van der Waals surface area contributed by atoms with Crippen LogP contribution >= 0.6 is 0 Å². The number of hydrogen-bond acceptors (Lipinski definition) is 3. The molecule has 0 aromatic rings. The van der Waals surface area contributed by atoms with E-state index in [9.17, 15) is 5.11 Å². The summed E-state index contributed by atoms with van der Waals surface area (Å²) in [5, 5.41) is 9.78. The van der Waals surface area contributed by atoms with Gasteiger partial charge in [-0.1, -0.05) is 26.0 Å². The minimum atomic E-state index is -0.555. The van der Waals surface area contributed by atoms with Crippen LogP contribution in [0.25, 0.3) is 0 Å². The van der Waals surface area contributed by atoms with Crippen LogP contribution in [0.1, 0.15) is 33.1 Å². The summed E-state index contributed by atoms with van der Waals surface area (Å²) in [7, 11) is 0. The van der Waals surface area contributed by atoms with Gasteiger partial charge in [0.15, 0.2) is 0 Å². The quantitative estimate of drug-likeness (QED) is 0.669. The topological polar surface area (TPSA) is 55.5 Å². The first-order valence-electron chi connectivity index (χ1n) is 5.44. The second kappa shape index (κ2) is 5.49. The molecule has 0 aromatic heterocycles. The van der Waals surface area contributed by atoms with E-state index >= 15 is 0 Å². The van der Waals surface area contributed by atoms with E-state index in [4.69, 9.17) is 10.5 Å². The third-order valence-corrected chi connectivity index (χ3v) is 2.77. The van der Waals surface area contributed by atoms with E-state index in [0.717, 1.165) is 19.3 Å². The number of nitrogens with two attached hydrogens (primary N) is 1. The molecule has 0 unspecified atom stereocenters. The average Bonchev–Trinajstić information content (AvgIpc) is 2.20. The van der Waals surface area contributed by atoms with E-state index in [1.54, 1.807) is 0 Å². The third kappa shape index (κ3) is 2.80. The first kappa shape index (κ1) is 11.7. The Balaban J connectivity index is 2.50. The SMILES string of the molecule is CCC(CC)O[C@@H]1C=CC[C@@H](N)[C@@H]1O. The van der Waals surface area contributed by atoms with Crippen LogP contribution in [0.5, 0.6) is 0 Å². The summed E-state index contributed by atoms with van der Waals surface area (Å²) in [4.78, 5) is 0. The normalized spacial score (nSPS) is 32.5. The monoisotopic (exact) mass is 199 g/mol. The van der Waals surface area contributed by atoms with Crippen LogP contribution in [0.2, 0.25) is 0 Å². The van der Waals surface area contributed by atoms with Crippen LogP contribution in [-0.2, 0) is 4.74 Å². The van der Waals surface area contributed by atoms with Gasteiger partial charge in [0.25, 0.3) is 0 Å². The molecule has 14 heavy (non-hydrogen) atoms. The van der Waals surface area contributed by atoms with Crippen LogP contribution in [0, 0.1) is 0 Å². The molecule has 0 amide bonds. The molecule has 1 aliphatic carbocycles. The van der Waals surface area contributed by atoms with Crippen molar-refractivity contribution in [1.82, 2.24) is 0 Å². The number of ether oxygens (including phenoxy) is 1.